The fourth-order valence-corrected chi connectivity index (χ4v) is 2.87. The van der Waals surface area contributed by atoms with Crippen LogP contribution in [0.1, 0.15) is 19.8 Å². The van der Waals surface area contributed by atoms with Crippen LogP contribution in [0.25, 0.3) is 0 Å². The fraction of sp³-hybridized carbons (Fsp3) is 0.300. The number of hydrogen-bond donors (Lipinski definition) is 1. The van der Waals surface area contributed by atoms with Crippen molar-refractivity contribution in [2.75, 3.05) is 23.4 Å². The number of nitrogens with one attached hydrogen (secondary N) is 1. The number of carbonyl (C=O) groups excluding carboxylic acids is 2. The lowest BCUT2D eigenvalue weighted by molar-refractivity contribution is -0.122. The largest absolute Gasteiger partial charge is 0.494 e. The molecule has 0 aliphatic carbocycles. The molecule has 2 aromatic rings. The van der Waals surface area contributed by atoms with E-state index >= 15 is 0 Å². The normalized spacial score (nSPS) is 16.6. The van der Waals surface area contributed by atoms with Crippen molar-refractivity contribution in [1.82, 2.24) is 0 Å². The second kappa shape index (κ2) is 7.99. The van der Waals surface area contributed by atoms with E-state index in [0.29, 0.717) is 6.61 Å². The summed E-state index contributed by atoms with van der Waals surface area (Å²) in [5.74, 6) is -0.742. The number of carbonyl (C=O) groups is 2. The minimum Gasteiger partial charge on any atom is -0.494 e. The van der Waals surface area contributed by atoms with Gasteiger partial charge in [-0.1, -0.05) is 19.1 Å². The van der Waals surface area contributed by atoms with E-state index in [9.17, 15) is 14.0 Å². The molecule has 0 aromatic heterocycles. The van der Waals surface area contributed by atoms with Crippen LogP contribution in [-0.2, 0) is 9.59 Å². The molecular weight excluding hydrogens is 335 g/mol. The molecule has 5 nitrogen and oxygen atoms in total. The van der Waals surface area contributed by atoms with Gasteiger partial charge in [0.05, 0.1) is 18.2 Å². The molecule has 6 heteroatoms. The van der Waals surface area contributed by atoms with Crippen molar-refractivity contribution in [3.05, 3.63) is 54.3 Å². The number of anilines is 2. The van der Waals surface area contributed by atoms with Crippen molar-refractivity contribution in [3.8, 4) is 5.75 Å². The molecule has 1 atom stereocenters. The fourth-order valence-electron chi connectivity index (χ4n) is 2.87. The van der Waals surface area contributed by atoms with Gasteiger partial charge < -0.3 is 15.0 Å². The summed E-state index contributed by atoms with van der Waals surface area (Å²) in [6.45, 7) is 2.94. The molecule has 1 N–H and O–H groups in total. The Labute approximate surface area is 151 Å². The third kappa shape index (κ3) is 4.02. The molecule has 2 amide bonds. The van der Waals surface area contributed by atoms with E-state index in [1.165, 1.54) is 12.1 Å². The number of benzene rings is 2. The molecule has 26 heavy (non-hydrogen) atoms. The molecule has 1 aliphatic rings. The maximum atomic E-state index is 13.7. The lowest BCUT2D eigenvalue weighted by Gasteiger charge is -2.17. The first-order chi connectivity index (χ1) is 12.6. The third-order valence-corrected chi connectivity index (χ3v) is 4.25. The van der Waals surface area contributed by atoms with Crippen LogP contribution in [0.4, 0.5) is 15.8 Å². The monoisotopic (exact) mass is 356 g/mol. The average molecular weight is 356 g/mol. The Morgan fingerprint density at radius 2 is 1.96 bits per heavy atom. The van der Waals surface area contributed by atoms with Gasteiger partial charge in [0, 0.05) is 18.7 Å². The van der Waals surface area contributed by atoms with E-state index in [0.717, 1.165) is 17.9 Å². The second-order valence-corrected chi connectivity index (χ2v) is 6.22. The molecule has 1 heterocycles. The predicted octanol–water partition coefficient (Wildman–Crippen LogP) is 3.61. The predicted molar refractivity (Wildman–Crippen MR) is 97.7 cm³/mol. The first-order valence-electron chi connectivity index (χ1n) is 8.67. The van der Waals surface area contributed by atoms with Crippen molar-refractivity contribution in [2.45, 2.75) is 19.8 Å². The Morgan fingerprint density at radius 3 is 2.65 bits per heavy atom. The van der Waals surface area contributed by atoms with Crippen molar-refractivity contribution < 1.29 is 18.7 Å². The summed E-state index contributed by atoms with van der Waals surface area (Å²) in [5.41, 5.74) is 0.848. The molecule has 2 aromatic carbocycles. The molecular formula is C20H21FN2O3. The molecule has 0 spiro atoms. The van der Waals surface area contributed by atoms with E-state index in [4.69, 9.17) is 4.74 Å². The summed E-state index contributed by atoms with van der Waals surface area (Å²) in [6, 6.07) is 13.2. The van der Waals surface area contributed by atoms with Crippen LogP contribution in [0.2, 0.25) is 0 Å². The summed E-state index contributed by atoms with van der Waals surface area (Å²) < 4.78 is 19.2. The SMILES string of the molecule is CCCOc1ccc(N2C[C@H](C(=O)Nc3ccccc3F)CC2=O)cc1. The topological polar surface area (TPSA) is 58.6 Å². The van der Waals surface area contributed by atoms with Gasteiger partial charge in [-0.3, -0.25) is 9.59 Å². The highest BCUT2D eigenvalue weighted by molar-refractivity contribution is 6.03. The van der Waals surface area contributed by atoms with E-state index in [1.807, 2.05) is 19.1 Å². The first kappa shape index (κ1) is 17.9. The van der Waals surface area contributed by atoms with Gasteiger partial charge in [0.2, 0.25) is 11.8 Å². The second-order valence-electron chi connectivity index (χ2n) is 6.22. The van der Waals surface area contributed by atoms with E-state index in [-0.39, 0.29) is 30.5 Å². The highest BCUT2D eigenvalue weighted by atomic mass is 19.1. The number of hydrogen-bond acceptors (Lipinski definition) is 3. The Bertz CT molecular complexity index is 792. The van der Waals surface area contributed by atoms with Gasteiger partial charge in [-0.25, -0.2) is 4.39 Å². The van der Waals surface area contributed by atoms with Gasteiger partial charge in [0.15, 0.2) is 0 Å². The molecule has 136 valence electrons. The molecule has 0 saturated carbocycles. The molecule has 1 saturated heterocycles. The van der Waals surface area contributed by atoms with Gasteiger partial charge >= 0.3 is 0 Å². The van der Waals surface area contributed by atoms with Gasteiger partial charge in [-0.05, 0) is 42.8 Å². The number of para-hydroxylation sites is 1. The van der Waals surface area contributed by atoms with E-state index < -0.39 is 11.7 Å². The van der Waals surface area contributed by atoms with Crippen LogP contribution >= 0.6 is 0 Å². The van der Waals surface area contributed by atoms with Crippen molar-refractivity contribution in [2.24, 2.45) is 5.92 Å². The average Bonchev–Trinajstić information content (AvgIpc) is 3.04. The van der Waals surface area contributed by atoms with Gasteiger partial charge in [-0.15, -0.1) is 0 Å². The van der Waals surface area contributed by atoms with Crippen LogP contribution < -0.4 is 15.0 Å². The minimum atomic E-state index is -0.516. The summed E-state index contributed by atoms with van der Waals surface area (Å²) in [5, 5.41) is 2.56. The van der Waals surface area contributed by atoms with Crippen molar-refractivity contribution in [1.29, 1.82) is 0 Å². The quantitative estimate of drug-likeness (QED) is 0.860. The number of amides is 2. The van der Waals surface area contributed by atoms with E-state index in [1.54, 1.807) is 29.2 Å². The number of halogens is 1. The minimum absolute atomic E-state index is 0.106. The molecule has 1 fully saturated rings. The number of ether oxygens (including phenoxy) is 1. The highest BCUT2D eigenvalue weighted by Gasteiger charge is 2.35. The van der Waals surface area contributed by atoms with Crippen molar-refractivity contribution >= 4 is 23.2 Å². The zero-order chi connectivity index (χ0) is 18.5. The standard InChI is InChI=1S/C20H21FN2O3/c1-2-11-26-16-9-7-15(8-10-16)23-13-14(12-19(23)24)20(25)22-18-6-4-3-5-17(18)21/h3-10,14H,2,11-13H2,1H3,(H,22,25)/t14-/m1/s1. The Balaban J connectivity index is 1.64. The van der Waals surface area contributed by atoms with Crippen LogP contribution in [0.5, 0.6) is 5.75 Å². The van der Waals surface area contributed by atoms with Crippen molar-refractivity contribution in [3.63, 3.8) is 0 Å². The maximum absolute atomic E-state index is 13.7. The van der Waals surface area contributed by atoms with Gasteiger partial charge in [0.25, 0.3) is 0 Å². The maximum Gasteiger partial charge on any atom is 0.229 e. The molecule has 0 unspecified atom stereocenters. The molecule has 0 radical (unpaired) electrons. The van der Waals surface area contributed by atoms with Crippen LogP contribution in [0, 0.1) is 11.7 Å². The molecule has 0 bridgehead atoms. The van der Waals surface area contributed by atoms with E-state index in [2.05, 4.69) is 5.32 Å². The lowest BCUT2D eigenvalue weighted by atomic mass is 10.1. The van der Waals surface area contributed by atoms with Gasteiger partial charge in [0.1, 0.15) is 11.6 Å². The summed E-state index contributed by atoms with van der Waals surface area (Å²) in [4.78, 5) is 26.3. The smallest absolute Gasteiger partial charge is 0.229 e. The number of nitrogens with zero attached hydrogens (tertiary/aromatic N) is 1. The first-order valence-corrected chi connectivity index (χ1v) is 8.67. The Hall–Kier alpha value is -2.89. The summed E-state index contributed by atoms with van der Waals surface area (Å²) in [6.07, 6.45) is 1.03. The Morgan fingerprint density at radius 1 is 1.23 bits per heavy atom. The number of rotatable bonds is 6. The zero-order valence-electron chi connectivity index (χ0n) is 14.6. The molecule has 3 rings (SSSR count). The van der Waals surface area contributed by atoms with Crippen LogP contribution in [-0.4, -0.2) is 25.0 Å². The summed E-state index contributed by atoms with van der Waals surface area (Å²) in [7, 11) is 0. The molecule has 1 aliphatic heterocycles. The lowest BCUT2D eigenvalue weighted by Crippen LogP contribution is -2.28. The van der Waals surface area contributed by atoms with Crippen LogP contribution in [0.15, 0.2) is 48.5 Å². The zero-order valence-corrected chi connectivity index (χ0v) is 14.6. The van der Waals surface area contributed by atoms with Crippen LogP contribution in [0.3, 0.4) is 0 Å². The summed E-state index contributed by atoms with van der Waals surface area (Å²) >= 11 is 0. The van der Waals surface area contributed by atoms with Gasteiger partial charge in [-0.2, -0.15) is 0 Å². The Kier molecular flexibility index (Phi) is 5.51. The third-order valence-electron chi connectivity index (χ3n) is 4.25. The highest BCUT2D eigenvalue weighted by Crippen LogP contribution is 2.28.